The maximum Gasteiger partial charge on any atom is 0.222 e. The number of anilines is 2. The summed E-state index contributed by atoms with van der Waals surface area (Å²) in [4.78, 5) is 11.2. The molecule has 1 unspecified atom stereocenters. The minimum atomic E-state index is 0.350. The van der Waals surface area contributed by atoms with Crippen LogP contribution in [0.5, 0.6) is 0 Å². The van der Waals surface area contributed by atoms with Gasteiger partial charge >= 0.3 is 0 Å². The zero-order chi connectivity index (χ0) is 15.1. The smallest absolute Gasteiger partial charge is 0.222 e. The number of hydrogen-bond donors (Lipinski definition) is 2. The van der Waals surface area contributed by atoms with E-state index in [1.165, 1.54) is 18.4 Å². The van der Waals surface area contributed by atoms with Crippen LogP contribution in [0.4, 0.5) is 11.8 Å². The highest BCUT2D eigenvalue weighted by Gasteiger charge is 2.28. The molecule has 4 rings (SSSR count). The molecule has 0 saturated carbocycles. The molecule has 1 aliphatic carbocycles. The summed E-state index contributed by atoms with van der Waals surface area (Å²) in [6.45, 7) is 6.03. The Balaban J connectivity index is 1.83. The maximum absolute atomic E-state index is 6.18. The molecule has 6 nitrogen and oxygen atoms in total. The molecule has 6 heteroatoms. The lowest BCUT2D eigenvalue weighted by Gasteiger charge is -2.28. The van der Waals surface area contributed by atoms with Crippen LogP contribution >= 0.6 is 0 Å². The molecule has 22 heavy (non-hydrogen) atoms. The standard InChI is InChI=1S/C16H23N5O/c1-2-10-3-4-12-11(9-10)13-14(22-12)15(20-16(17)19-13)21-7-5-18-6-8-21/h10,18H,2-9H2,1H3,(H2,17,19,20). The lowest BCUT2D eigenvalue weighted by molar-refractivity contribution is 0.404. The molecule has 2 aliphatic rings. The highest BCUT2D eigenvalue weighted by molar-refractivity contribution is 5.89. The molecule has 0 bridgehead atoms. The summed E-state index contributed by atoms with van der Waals surface area (Å²) in [5.41, 5.74) is 9.02. The van der Waals surface area contributed by atoms with Crippen LogP contribution in [-0.2, 0) is 12.8 Å². The van der Waals surface area contributed by atoms with Crippen molar-refractivity contribution < 1.29 is 4.42 Å². The van der Waals surface area contributed by atoms with E-state index in [9.17, 15) is 0 Å². The second-order valence-electron chi connectivity index (χ2n) is 6.34. The number of nitrogen functional groups attached to an aromatic ring is 1. The van der Waals surface area contributed by atoms with Crippen LogP contribution in [0.15, 0.2) is 4.42 Å². The molecule has 1 fully saturated rings. The molecule has 1 aliphatic heterocycles. The van der Waals surface area contributed by atoms with Crippen LogP contribution in [0, 0.1) is 5.92 Å². The van der Waals surface area contributed by atoms with Crippen molar-refractivity contribution >= 4 is 22.9 Å². The number of nitrogens with two attached hydrogens (primary N) is 1. The van der Waals surface area contributed by atoms with Crippen molar-refractivity contribution in [3.05, 3.63) is 11.3 Å². The Kier molecular flexibility index (Phi) is 3.41. The quantitative estimate of drug-likeness (QED) is 0.879. The molecule has 3 N–H and O–H groups in total. The lowest BCUT2D eigenvalue weighted by atomic mass is 9.86. The molecule has 1 saturated heterocycles. The Morgan fingerprint density at radius 2 is 2.14 bits per heavy atom. The zero-order valence-corrected chi connectivity index (χ0v) is 13.1. The van der Waals surface area contributed by atoms with E-state index in [0.717, 1.165) is 67.6 Å². The summed E-state index contributed by atoms with van der Waals surface area (Å²) in [5.74, 6) is 3.04. The first kappa shape index (κ1) is 13.8. The average Bonchev–Trinajstić information content (AvgIpc) is 2.92. The summed E-state index contributed by atoms with van der Waals surface area (Å²) in [6, 6.07) is 0. The van der Waals surface area contributed by atoms with Gasteiger partial charge in [0.2, 0.25) is 5.95 Å². The summed E-state index contributed by atoms with van der Waals surface area (Å²) < 4.78 is 6.18. The third-order valence-corrected chi connectivity index (χ3v) is 4.98. The summed E-state index contributed by atoms with van der Waals surface area (Å²) in [6.07, 6.45) is 4.47. The van der Waals surface area contributed by atoms with Gasteiger partial charge in [0, 0.05) is 38.2 Å². The molecule has 2 aromatic rings. The lowest BCUT2D eigenvalue weighted by Crippen LogP contribution is -2.44. The summed E-state index contributed by atoms with van der Waals surface area (Å²) in [5, 5.41) is 3.36. The van der Waals surface area contributed by atoms with Gasteiger partial charge in [0.05, 0.1) is 0 Å². The van der Waals surface area contributed by atoms with Crippen LogP contribution in [0.3, 0.4) is 0 Å². The first-order valence-electron chi connectivity index (χ1n) is 8.29. The van der Waals surface area contributed by atoms with Crippen LogP contribution in [-0.4, -0.2) is 36.1 Å². The number of fused-ring (bicyclic) bond motifs is 3. The minimum Gasteiger partial charge on any atom is -0.455 e. The number of rotatable bonds is 2. The Bertz CT molecular complexity index is 689. The van der Waals surface area contributed by atoms with Gasteiger partial charge in [-0.2, -0.15) is 4.98 Å². The molecule has 1 atom stereocenters. The highest BCUT2D eigenvalue weighted by atomic mass is 16.3. The molecule has 2 aromatic heterocycles. The van der Waals surface area contributed by atoms with E-state index in [-0.39, 0.29) is 0 Å². The van der Waals surface area contributed by atoms with Crippen LogP contribution in [0.2, 0.25) is 0 Å². The number of piperazine rings is 1. The topological polar surface area (TPSA) is 80.2 Å². The average molecular weight is 301 g/mol. The number of furan rings is 1. The van der Waals surface area contributed by atoms with Crippen LogP contribution in [0.25, 0.3) is 11.1 Å². The zero-order valence-electron chi connectivity index (χ0n) is 13.1. The first-order chi connectivity index (χ1) is 10.8. The van der Waals surface area contributed by atoms with Gasteiger partial charge in [-0.05, 0) is 18.8 Å². The SMILES string of the molecule is CCC1CCc2oc3c(N4CCNCC4)nc(N)nc3c2C1. The van der Waals surface area contributed by atoms with E-state index in [1.54, 1.807) is 0 Å². The van der Waals surface area contributed by atoms with Crippen molar-refractivity contribution in [2.45, 2.75) is 32.6 Å². The third kappa shape index (κ3) is 2.22. The van der Waals surface area contributed by atoms with Gasteiger partial charge in [-0.25, -0.2) is 4.98 Å². The van der Waals surface area contributed by atoms with E-state index in [4.69, 9.17) is 10.2 Å². The van der Waals surface area contributed by atoms with Gasteiger partial charge in [0.15, 0.2) is 11.4 Å². The molecular weight excluding hydrogens is 278 g/mol. The largest absolute Gasteiger partial charge is 0.455 e. The number of aromatic nitrogens is 2. The van der Waals surface area contributed by atoms with E-state index in [1.807, 2.05) is 0 Å². The fraction of sp³-hybridized carbons (Fsp3) is 0.625. The normalized spacial score (nSPS) is 22.0. The second-order valence-corrected chi connectivity index (χ2v) is 6.34. The maximum atomic E-state index is 6.18. The Morgan fingerprint density at radius 1 is 1.32 bits per heavy atom. The van der Waals surface area contributed by atoms with Gasteiger partial charge in [-0.15, -0.1) is 0 Å². The molecule has 0 amide bonds. The highest BCUT2D eigenvalue weighted by Crippen LogP contribution is 2.37. The van der Waals surface area contributed by atoms with Crippen molar-refractivity contribution in [2.75, 3.05) is 36.8 Å². The molecule has 0 spiro atoms. The fourth-order valence-corrected chi connectivity index (χ4v) is 3.65. The minimum absolute atomic E-state index is 0.350. The van der Waals surface area contributed by atoms with E-state index in [2.05, 4.69) is 27.1 Å². The molecule has 0 radical (unpaired) electrons. The molecular formula is C16H23N5O. The van der Waals surface area contributed by atoms with Crippen molar-refractivity contribution in [1.29, 1.82) is 0 Å². The van der Waals surface area contributed by atoms with Gasteiger partial charge in [0.1, 0.15) is 11.3 Å². The van der Waals surface area contributed by atoms with Crippen LogP contribution < -0.4 is 16.0 Å². The molecule has 118 valence electrons. The van der Waals surface area contributed by atoms with Crippen molar-refractivity contribution in [2.24, 2.45) is 5.92 Å². The molecule has 0 aromatic carbocycles. The van der Waals surface area contributed by atoms with Gasteiger partial charge < -0.3 is 20.4 Å². The summed E-state index contributed by atoms with van der Waals surface area (Å²) >= 11 is 0. The van der Waals surface area contributed by atoms with Gasteiger partial charge in [0.25, 0.3) is 0 Å². The van der Waals surface area contributed by atoms with Crippen molar-refractivity contribution in [3.8, 4) is 0 Å². The van der Waals surface area contributed by atoms with Crippen molar-refractivity contribution in [1.82, 2.24) is 15.3 Å². The predicted molar refractivity (Wildman–Crippen MR) is 87.1 cm³/mol. The number of hydrogen-bond acceptors (Lipinski definition) is 6. The monoisotopic (exact) mass is 301 g/mol. The molecule has 3 heterocycles. The Labute approximate surface area is 130 Å². The number of nitrogens with one attached hydrogen (secondary N) is 1. The third-order valence-electron chi connectivity index (χ3n) is 4.98. The fourth-order valence-electron chi connectivity index (χ4n) is 3.65. The predicted octanol–water partition coefficient (Wildman–Crippen LogP) is 1.73. The second kappa shape index (κ2) is 5.43. The van der Waals surface area contributed by atoms with Gasteiger partial charge in [-0.3, -0.25) is 0 Å². The van der Waals surface area contributed by atoms with Gasteiger partial charge in [-0.1, -0.05) is 13.3 Å². The summed E-state index contributed by atoms with van der Waals surface area (Å²) in [7, 11) is 0. The van der Waals surface area contributed by atoms with E-state index < -0.39 is 0 Å². The van der Waals surface area contributed by atoms with Crippen LogP contribution in [0.1, 0.15) is 31.1 Å². The first-order valence-corrected chi connectivity index (χ1v) is 8.29. The van der Waals surface area contributed by atoms with E-state index >= 15 is 0 Å². The van der Waals surface area contributed by atoms with E-state index in [0.29, 0.717) is 5.95 Å². The Morgan fingerprint density at radius 3 is 2.91 bits per heavy atom. The number of nitrogens with zero attached hydrogens (tertiary/aromatic N) is 3. The Hall–Kier alpha value is -1.82. The van der Waals surface area contributed by atoms with Crippen molar-refractivity contribution in [3.63, 3.8) is 0 Å². The number of aryl methyl sites for hydroxylation is 1.